The number of H-pyrrole nitrogens is 1. The van der Waals surface area contributed by atoms with Gasteiger partial charge < -0.3 is 44.4 Å². The van der Waals surface area contributed by atoms with Gasteiger partial charge in [0.25, 0.3) is 21.2 Å². The lowest BCUT2D eigenvalue weighted by atomic mass is 9.96. The Bertz CT molecular complexity index is 1380. The van der Waals surface area contributed by atoms with Crippen LogP contribution >= 0.6 is 23.5 Å². The van der Waals surface area contributed by atoms with Crippen molar-refractivity contribution in [2.45, 2.75) is 77.0 Å². The number of allylic oxidation sites excluding steroid dienone is 2. The smallest absolute Gasteiger partial charge is 0.330 e. The molecule has 18 nitrogen and oxygen atoms in total. The Hall–Kier alpha value is -1.78. The van der Waals surface area contributed by atoms with Crippen LogP contribution in [0.3, 0.4) is 0 Å². The summed E-state index contributed by atoms with van der Waals surface area (Å²) in [4.78, 5) is 82.8. The van der Waals surface area contributed by atoms with E-state index in [2.05, 4.69) is 23.4 Å². The first-order valence-corrected chi connectivity index (χ1v) is 18.2. The fourth-order valence-corrected chi connectivity index (χ4v) is 7.20. The van der Waals surface area contributed by atoms with Crippen molar-refractivity contribution in [1.82, 2.24) is 14.9 Å². The number of carbonyl (C=O) groups excluding carboxylic acids is 1. The van der Waals surface area contributed by atoms with Crippen LogP contribution in [0.15, 0.2) is 27.9 Å². The third-order valence-electron chi connectivity index (χ3n) is 6.45. The van der Waals surface area contributed by atoms with E-state index in [1.54, 1.807) is 6.08 Å². The molecule has 1 aliphatic rings. The van der Waals surface area contributed by atoms with Gasteiger partial charge in [0.1, 0.15) is 6.23 Å². The lowest BCUT2D eigenvalue weighted by molar-refractivity contribution is -0.339. The lowest BCUT2D eigenvalue weighted by Crippen LogP contribution is -2.33. The highest BCUT2D eigenvalue weighted by atomic mass is 31.3. The zero-order valence-corrected chi connectivity index (χ0v) is 26.7. The molecule has 0 saturated carbocycles. The fraction of sp³-hybridized carbons (Fsp3) is 0.696. The predicted octanol–water partition coefficient (Wildman–Crippen LogP) is -0.684. The lowest BCUT2D eigenvalue weighted by Gasteiger charge is -2.37. The molecule has 4 N–H and O–H groups in total. The highest BCUT2D eigenvalue weighted by molar-refractivity contribution is 7.64. The monoisotopic (exact) mass is 686 g/mol. The molecule has 1 amide bonds. The number of nitrogens with zero attached hydrogens (tertiary/aromatic N) is 1. The number of hydrogen-bond acceptors (Lipinski definition) is 15. The molecular weight excluding hydrogens is 649 g/mol. The van der Waals surface area contributed by atoms with Gasteiger partial charge in [-0.15, -0.1) is 0 Å². The van der Waals surface area contributed by atoms with E-state index in [0.717, 1.165) is 30.3 Å². The van der Waals surface area contributed by atoms with Crippen molar-refractivity contribution in [2.24, 2.45) is 11.7 Å². The maximum Gasteiger partial charge on any atom is 0.330 e. The highest BCUT2D eigenvalue weighted by Gasteiger charge is 2.37. The Morgan fingerprint density at radius 3 is 2.48 bits per heavy atom. The standard InChI is InChI=1S/C23H41N4O14P3/c1-17-15-27(23(30)26-22(17)29)21-14-18(10-6-2-3-7-11-20(28)25-13-9-5-4-8-12-24)19(39-21)16-38-43(34,35)41-44(36,37)40-42(31,32)33/h2,6,15,18-19,21H,3-5,7-14,16,24H2,1H3,(H,25,28)(H,34,35)(H,36,37)(H,26,29,30)(H2,31,32,33)/p-4/b6-2-/t18-,19+,21+/m0/s1. The molecule has 0 bridgehead atoms. The summed E-state index contributed by atoms with van der Waals surface area (Å²) in [5.74, 6) is -0.550. The van der Waals surface area contributed by atoms with E-state index in [1.807, 2.05) is 6.08 Å². The van der Waals surface area contributed by atoms with Crippen LogP contribution < -0.4 is 41.9 Å². The minimum absolute atomic E-state index is 0.0614. The summed E-state index contributed by atoms with van der Waals surface area (Å²) in [5.41, 5.74) is 4.27. The number of carbonyl (C=O) groups is 1. The Kier molecular flexibility index (Phi) is 15.5. The quantitative estimate of drug-likeness (QED) is 0.0869. The van der Waals surface area contributed by atoms with Gasteiger partial charge in [0, 0.05) is 24.7 Å². The van der Waals surface area contributed by atoms with Gasteiger partial charge in [-0.1, -0.05) is 25.0 Å². The average molecular weight is 686 g/mol. The van der Waals surface area contributed by atoms with Gasteiger partial charge in [-0.05, 0) is 57.9 Å². The van der Waals surface area contributed by atoms with E-state index >= 15 is 0 Å². The van der Waals surface area contributed by atoms with Crippen LogP contribution in [0.4, 0.5) is 0 Å². The molecule has 0 spiro atoms. The second kappa shape index (κ2) is 17.8. The molecule has 0 radical (unpaired) electrons. The van der Waals surface area contributed by atoms with Gasteiger partial charge in [-0.3, -0.25) is 32.6 Å². The molecule has 2 heterocycles. The van der Waals surface area contributed by atoms with Gasteiger partial charge in [0.2, 0.25) is 5.91 Å². The molecule has 21 heteroatoms. The number of nitrogens with two attached hydrogens (primary N) is 1. The van der Waals surface area contributed by atoms with Crippen molar-refractivity contribution in [2.75, 3.05) is 19.7 Å². The summed E-state index contributed by atoms with van der Waals surface area (Å²) in [5, 5.41) is 2.86. The third-order valence-corrected chi connectivity index (χ3v) is 10.1. The number of ether oxygens (including phenoxy) is 1. The van der Waals surface area contributed by atoms with E-state index in [9.17, 15) is 47.7 Å². The first kappa shape index (κ1) is 38.4. The third kappa shape index (κ3) is 14.5. The molecule has 252 valence electrons. The number of aromatic amines is 1. The number of aryl methyl sites for hydroxylation is 1. The minimum atomic E-state index is -6.15. The van der Waals surface area contributed by atoms with Crippen LogP contribution in [0, 0.1) is 12.8 Å². The Labute approximate surface area is 253 Å². The van der Waals surface area contributed by atoms with Crippen LogP contribution in [-0.4, -0.2) is 41.3 Å². The molecule has 0 aromatic carbocycles. The fourth-order valence-electron chi connectivity index (χ4n) is 4.34. The van der Waals surface area contributed by atoms with Gasteiger partial charge in [-0.2, -0.15) is 0 Å². The molecule has 1 aromatic heterocycles. The topological polar surface area (TPSA) is 290 Å². The van der Waals surface area contributed by atoms with Gasteiger partial charge in [0.15, 0.2) is 0 Å². The Balaban J connectivity index is 1.97. The first-order valence-electron chi connectivity index (χ1n) is 13.8. The SMILES string of the molecule is Cc1cn([C@H]2C[C@H](C/C=C\CCCC(=O)NCCCCCCN)[C@@H](COP(=O)([O-])OP(=O)([O-])OP(=O)([O-])[O-])O2)c(=O)[nH]c1=O. The zero-order chi connectivity index (χ0) is 33.0. The molecule has 5 atom stereocenters. The van der Waals surface area contributed by atoms with Crippen molar-refractivity contribution < 1.29 is 55.9 Å². The Morgan fingerprint density at radius 2 is 1.80 bits per heavy atom. The van der Waals surface area contributed by atoms with Crippen molar-refractivity contribution in [3.05, 3.63) is 44.8 Å². The normalized spacial score (nSPS) is 21.7. The maximum atomic E-state index is 12.4. The van der Waals surface area contributed by atoms with Crippen LogP contribution in [0.2, 0.25) is 0 Å². The molecule has 44 heavy (non-hydrogen) atoms. The number of aromatic nitrogens is 2. The maximum absolute atomic E-state index is 12.4. The molecule has 1 aromatic rings. The van der Waals surface area contributed by atoms with E-state index < -0.39 is 59.6 Å². The summed E-state index contributed by atoms with van der Waals surface area (Å²) in [6.45, 7) is 1.90. The highest BCUT2D eigenvalue weighted by Crippen LogP contribution is 2.60. The summed E-state index contributed by atoms with van der Waals surface area (Å²) < 4.78 is 52.3. The molecule has 1 aliphatic heterocycles. The number of phosphoric ester groups is 1. The van der Waals surface area contributed by atoms with Gasteiger partial charge >= 0.3 is 5.69 Å². The second-order valence-corrected chi connectivity index (χ2v) is 14.3. The van der Waals surface area contributed by atoms with Crippen LogP contribution in [0.1, 0.15) is 69.6 Å². The van der Waals surface area contributed by atoms with Crippen LogP contribution in [0.5, 0.6) is 0 Å². The van der Waals surface area contributed by atoms with Gasteiger partial charge in [-0.25, -0.2) is 9.11 Å². The van der Waals surface area contributed by atoms with Crippen molar-refractivity contribution in [3.8, 4) is 0 Å². The number of rotatable bonds is 20. The summed E-state index contributed by atoms with van der Waals surface area (Å²) in [6, 6.07) is 0. The summed E-state index contributed by atoms with van der Waals surface area (Å²) in [6.07, 6.45) is 8.60. The number of unbranched alkanes of at least 4 members (excludes halogenated alkanes) is 4. The summed E-state index contributed by atoms with van der Waals surface area (Å²) >= 11 is 0. The number of phosphoric acid groups is 3. The Morgan fingerprint density at radius 1 is 1.09 bits per heavy atom. The van der Waals surface area contributed by atoms with Crippen LogP contribution in [0.25, 0.3) is 0 Å². The minimum Gasteiger partial charge on any atom is -0.790 e. The van der Waals surface area contributed by atoms with E-state index in [4.69, 9.17) is 10.5 Å². The van der Waals surface area contributed by atoms with Gasteiger partial charge in [0.05, 0.1) is 20.5 Å². The number of amides is 1. The molecular formula is C23H37N4O14P3-4. The first-order chi connectivity index (χ1) is 20.5. The number of nitrogens with one attached hydrogen (secondary N) is 2. The van der Waals surface area contributed by atoms with Crippen molar-refractivity contribution in [3.63, 3.8) is 0 Å². The molecule has 2 rings (SSSR count). The average Bonchev–Trinajstić information content (AvgIpc) is 3.29. The van der Waals surface area contributed by atoms with Crippen molar-refractivity contribution in [1.29, 1.82) is 0 Å². The molecule has 2 unspecified atom stereocenters. The van der Waals surface area contributed by atoms with E-state index in [0.29, 0.717) is 38.8 Å². The molecule has 0 aliphatic carbocycles. The summed E-state index contributed by atoms with van der Waals surface area (Å²) in [7, 11) is -18.1. The second-order valence-electron chi connectivity index (χ2n) is 10.1. The van der Waals surface area contributed by atoms with E-state index in [1.165, 1.54) is 13.1 Å². The molecule has 1 fully saturated rings. The van der Waals surface area contributed by atoms with E-state index in [-0.39, 0.29) is 17.9 Å². The predicted molar refractivity (Wildman–Crippen MR) is 147 cm³/mol. The largest absolute Gasteiger partial charge is 0.790 e. The molecule has 1 saturated heterocycles. The van der Waals surface area contributed by atoms with Crippen LogP contribution in [-0.2, 0) is 36.4 Å². The van der Waals surface area contributed by atoms with Crippen molar-refractivity contribution >= 4 is 29.4 Å². The zero-order valence-electron chi connectivity index (χ0n) is 24.0. The number of hydrogen-bond donors (Lipinski definition) is 3.